The number of nitriles is 1. The molecule has 2 saturated heterocycles. The van der Waals surface area contributed by atoms with Crippen LogP contribution in [0.3, 0.4) is 0 Å². The van der Waals surface area contributed by atoms with E-state index in [1.807, 2.05) is 11.0 Å². The molecule has 0 radical (unpaired) electrons. The van der Waals surface area contributed by atoms with Crippen LogP contribution in [0.15, 0.2) is 36.9 Å². The molecule has 1 aromatic rings. The lowest BCUT2D eigenvalue weighted by Crippen LogP contribution is -2.57. The maximum atomic E-state index is 12.8. The molecule has 1 amide bonds. The maximum absolute atomic E-state index is 12.8. The van der Waals surface area contributed by atoms with Crippen LogP contribution < -0.4 is 10.2 Å². The molecule has 10 heteroatoms. The van der Waals surface area contributed by atoms with Crippen molar-refractivity contribution in [3.05, 3.63) is 47.4 Å². The molecule has 1 N–H and O–H groups in total. The van der Waals surface area contributed by atoms with Gasteiger partial charge in [-0.2, -0.15) is 18.4 Å². The molecule has 1 aromatic carbocycles. The van der Waals surface area contributed by atoms with Crippen LogP contribution in [0.25, 0.3) is 0 Å². The van der Waals surface area contributed by atoms with E-state index in [0.29, 0.717) is 23.6 Å². The van der Waals surface area contributed by atoms with Gasteiger partial charge in [0.25, 0.3) is 0 Å². The average Bonchev–Trinajstić information content (AvgIpc) is 3.00. The summed E-state index contributed by atoms with van der Waals surface area (Å²) in [5, 5.41) is 13.4. The number of halogens is 3. The lowest BCUT2D eigenvalue weighted by Gasteiger charge is -2.40. The number of carbonyl (C=O) groups is 1. The molecule has 2 aliphatic rings. The smallest absolute Gasteiger partial charge is 0.352 e. The number of nitrogens with one attached hydrogen (secondary N) is 1. The minimum absolute atomic E-state index is 0.156. The SMILES string of the molecule is C=CC(=O)NCC1CN(c2ccc(C(F)(F)F)cc2)C2CC(C#N)[N+](=O)N2C1. The first-order chi connectivity index (χ1) is 13.2. The highest BCUT2D eigenvalue weighted by molar-refractivity contribution is 5.86. The normalized spacial score (nSPS) is 24.5. The summed E-state index contributed by atoms with van der Waals surface area (Å²) in [6.07, 6.45) is -3.46. The highest BCUT2D eigenvalue weighted by Crippen LogP contribution is 2.35. The number of benzene rings is 1. The molecule has 0 aliphatic carbocycles. The average molecular weight is 394 g/mol. The Labute approximate surface area is 159 Å². The Balaban J connectivity index is 1.86. The first kappa shape index (κ1) is 19.7. The molecule has 3 rings (SSSR count). The topological polar surface area (TPSA) is 79.5 Å². The lowest BCUT2D eigenvalue weighted by atomic mass is 10.0. The Morgan fingerprint density at radius 2 is 2.04 bits per heavy atom. The molecule has 3 unspecified atom stereocenters. The van der Waals surface area contributed by atoms with E-state index in [9.17, 15) is 28.1 Å². The Hall–Kier alpha value is -3.09. The van der Waals surface area contributed by atoms with E-state index in [4.69, 9.17) is 0 Å². The van der Waals surface area contributed by atoms with Crippen LogP contribution in [0.4, 0.5) is 18.9 Å². The molecule has 7 nitrogen and oxygen atoms in total. The van der Waals surface area contributed by atoms with E-state index in [1.165, 1.54) is 17.1 Å². The van der Waals surface area contributed by atoms with Gasteiger partial charge in [0, 0.05) is 24.7 Å². The van der Waals surface area contributed by atoms with Crippen molar-refractivity contribution in [1.29, 1.82) is 5.26 Å². The van der Waals surface area contributed by atoms with Crippen molar-refractivity contribution in [1.82, 2.24) is 10.3 Å². The van der Waals surface area contributed by atoms with Crippen molar-refractivity contribution in [2.24, 2.45) is 5.92 Å². The van der Waals surface area contributed by atoms with Crippen molar-refractivity contribution in [3.8, 4) is 6.07 Å². The Kier molecular flexibility index (Phi) is 5.27. The van der Waals surface area contributed by atoms with Crippen LogP contribution in [-0.4, -0.2) is 47.6 Å². The van der Waals surface area contributed by atoms with Crippen LogP contribution in [-0.2, 0) is 11.0 Å². The number of alkyl halides is 3. The van der Waals surface area contributed by atoms with Gasteiger partial charge in [0.15, 0.2) is 6.17 Å². The highest BCUT2D eigenvalue weighted by Gasteiger charge is 2.53. The van der Waals surface area contributed by atoms with E-state index < -0.39 is 23.9 Å². The second-order valence-corrected chi connectivity index (χ2v) is 6.80. The maximum Gasteiger partial charge on any atom is 0.416 e. The summed E-state index contributed by atoms with van der Waals surface area (Å²) in [6, 6.07) is 5.81. The number of rotatable bonds is 4. The van der Waals surface area contributed by atoms with Gasteiger partial charge >= 0.3 is 12.2 Å². The number of nitroso groups, excluding NO2 is 1. The van der Waals surface area contributed by atoms with E-state index in [1.54, 1.807) is 0 Å². The zero-order chi connectivity index (χ0) is 20.5. The molecule has 2 fully saturated rings. The summed E-state index contributed by atoms with van der Waals surface area (Å²) in [7, 11) is 0. The standard InChI is InChI=1S/C18H18F3N5O2/c1-2-16(27)23-9-12-10-24(14-5-3-13(4-6-14)18(19,20)21)17-7-15(8-22)26(28)25(17)11-12/h2-6,12,15,17H,1,7,9-11H2/p+1. The minimum Gasteiger partial charge on any atom is -0.352 e. The fraction of sp³-hybridized carbons (Fsp3) is 0.444. The van der Waals surface area contributed by atoms with Gasteiger partial charge in [-0.3, -0.25) is 4.79 Å². The van der Waals surface area contributed by atoms with Crippen LogP contribution >= 0.6 is 0 Å². The third-order valence-electron chi connectivity index (χ3n) is 4.98. The fourth-order valence-electron chi connectivity index (χ4n) is 3.60. The van der Waals surface area contributed by atoms with Gasteiger partial charge in [0.1, 0.15) is 10.9 Å². The number of fused-ring (bicyclic) bond motifs is 1. The van der Waals surface area contributed by atoms with Crippen molar-refractivity contribution in [2.45, 2.75) is 24.8 Å². The molecule has 28 heavy (non-hydrogen) atoms. The van der Waals surface area contributed by atoms with Crippen LogP contribution in [0.2, 0.25) is 0 Å². The summed E-state index contributed by atoms with van der Waals surface area (Å²) in [5.41, 5.74) is -0.235. The zero-order valence-corrected chi connectivity index (χ0v) is 14.9. The lowest BCUT2D eigenvalue weighted by molar-refractivity contribution is -0.709. The van der Waals surface area contributed by atoms with Gasteiger partial charge < -0.3 is 10.2 Å². The molecular formula is C18H19F3N5O2+. The number of amides is 1. The van der Waals surface area contributed by atoms with E-state index in [-0.39, 0.29) is 24.8 Å². The molecular weight excluding hydrogens is 375 g/mol. The molecule has 3 atom stereocenters. The van der Waals surface area contributed by atoms with Crippen LogP contribution in [0, 0.1) is 22.2 Å². The summed E-state index contributed by atoms with van der Waals surface area (Å²) < 4.78 is 38.5. The van der Waals surface area contributed by atoms with Gasteiger partial charge in [0.05, 0.1) is 23.4 Å². The first-order valence-electron chi connectivity index (χ1n) is 8.71. The summed E-state index contributed by atoms with van der Waals surface area (Å²) in [6.45, 7) is 4.42. The third-order valence-corrected chi connectivity index (χ3v) is 4.98. The fourth-order valence-corrected chi connectivity index (χ4v) is 3.60. The molecule has 2 heterocycles. The van der Waals surface area contributed by atoms with Gasteiger partial charge in [-0.25, -0.2) is 0 Å². The minimum atomic E-state index is -4.44. The van der Waals surface area contributed by atoms with Crippen molar-refractivity contribution >= 4 is 11.6 Å². The first-order valence-corrected chi connectivity index (χ1v) is 8.71. The van der Waals surface area contributed by atoms with Crippen molar-refractivity contribution in [3.63, 3.8) is 0 Å². The van der Waals surface area contributed by atoms with Gasteiger partial charge in [-0.1, -0.05) is 6.58 Å². The van der Waals surface area contributed by atoms with Crippen LogP contribution in [0.5, 0.6) is 0 Å². The Morgan fingerprint density at radius 1 is 1.36 bits per heavy atom. The number of hydrazine groups is 1. The van der Waals surface area contributed by atoms with Gasteiger partial charge in [-0.15, -0.1) is 5.01 Å². The summed E-state index contributed by atoms with van der Waals surface area (Å²) >= 11 is 0. The number of carbonyl (C=O) groups excluding carboxylic acids is 1. The van der Waals surface area contributed by atoms with Crippen molar-refractivity contribution in [2.75, 3.05) is 24.5 Å². The van der Waals surface area contributed by atoms with E-state index in [2.05, 4.69) is 11.9 Å². The van der Waals surface area contributed by atoms with Crippen LogP contribution in [0.1, 0.15) is 12.0 Å². The molecule has 148 valence electrons. The number of hydrogen-bond acceptors (Lipinski definition) is 4. The van der Waals surface area contributed by atoms with Gasteiger partial charge in [0.2, 0.25) is 5.91 Å². The molecule has 0 saturated carbocycles. The second-order valence-electron chi connectivity index (χ2n) is 6.80. The molecule has 0 spiro atoms. The molecule has 0 bridgehead atoms. The number of anilines is 1. The number of nitrogens with zero attached hydrogens (tertiary/aromatic N) is 4. The van der Waals surface area contributed by atoms with E-state index >= 15 is 0 Å². The second kappa shape index (κ2) is 7.50. The largest absolute Gasteiger partial charge is 0.416 e. The van der Waals surface area contributed by atoms with E-state index in [0.717, 1.165) is 18.2 Å². The Bertz CT molecular complexity index is 818. The highest BCUT2D eigenvalue weighted by atomic mass is 19.4. The number of hydrogen-bond donors (Lipinski definition) is 1. The quantitative estimate of drug-likeness (QED) is 0.625. The predicted molar refractivity (Wildman–Crippen MR) is 93.6 cm³/mol. The zero-order valence-electron chi connectivity index (χ0n) is 14.9. The third kappa shape index (κ3) is 3.78. The predicted octanol–water partition coefficient (Wildman–Crippen LogP) is 2.06. The molecule has 2 aliphatic heterocycles. The molecule has 0 aromatic heterocycles. The van der Waals surface area contributed by atoms with Crippen molar-refractivity contribution < 1.29 is 22.8 Å². The summed E-state index contributed by atoms with van der Waals surface area (Å²) in [4.78, 5) is 26.3. The monoisotopic (exact) mass is 394 g/mol. The van der Waals surface area contributed by atoms with Gasteiger partial charge in [-0.05, 0) is 30.3 Å². The Morgan fingerprint density at radius 3 is 2.61 bits per heavy atom. The summed E-state index contributed by atoms with van der Waals surface area (Å²) in [5.74, 6) is -0.505.